The molecule has 12 nitrogen and oxygen atoms in total. The monoisotopic (exact) mass is 502 g/mol. The zero-order chi connectivity index (χ0) is 24.5. The maximum atomic E-state index is 10.5. The molecule has 2 aliphatic heterocycles. The van der Waals surface area contributed by atoms with Crippen molar-refractivity contribution in [3.8, 4) is 0 Å². The molecule has 2 aliphatic rings. The molecule has 13 heteroatoms. The van der Waals surface area contributed by atoms with Crippen LogP contribution in [0.4, 0.5) is 0 Å². The number of ether oxygens (including phenoxy) is 4. The Balaban J connectivity index is 1.93. The lowest BCUT2D eigenvalue weighted by molar-refractivity contribution is -0.367. The number of hydrogen-bond acceptors (Lipinski definition) is 13. The SMILES string of the molecule is CC(O)CSCCCCCO[C@@H]1OC(CO)[C@H](O)[C@H](O)C1O[C@@H]1OC(CO)[C@H](O)[C@H](O)C1O. The first kappa shape index (κ1) is 29.1. The highest BCUT2D eigenvalue weighted by molar-refractivity contribution is 7.99. The highest BCUT2D eigenvalue weighted by Gasteiger charge is 2.50. The van der Waals surface area contributed by atoms with E-state index >= 15 is 0 Å². The molecule has 0 amide bonds. The van der Waals surface area contributed by atoms with Crippen LogP contribution >= 0.6 is 11.8 Å². The highest BCUT2D eigenvalue weighted by Crippen LogP contribution is 2.29. The van der Waals surface area contributed by atoms with E-state index in [2.05, 4.69) is 0 Å². The molecule has 11 atom stereocenters. The second-order valence-corrected chi connectivity index (χ2v) is 9.51. The number of rotatable bonds is 13. The van der Waals surface area contributed by atoms with E-state index in [9.17, 15) is 40.9 Å². The first-order valence-electron chi connectivity index (χ1n) is 11.2. The van der Waals surface area contributed by atoms with E-state index in [4.69, 9.17) is 18.9 Å². The second-order valence-electron chi connectivity index (χ2n) is 8.36. The maximum Gasteiger partial charge on any atom is 0.187 e. The van der Waals surface area contributed by atoms with E-state index < -0.39 is 74.6 Å². The van der Waals surface area contributed by atoms with Crippen molar-refractivity contribution in [2.24, 2.45) is 0 Å². The van der Waals surface area contributed by atoms with Crippen molar-refractivity contribution in [1.29, 1.82) is 0 Å². The van der Waals surface area contributed by atoms with E-state index in [-0.39, 0.29) is 12.7 Å². The molecule has 196 valence electrons. The Bertz CT molecular complexity index is 541. The lowest BCUT2D eigenvalue weighted by atomic mass is 9.97. The third-order valence-electron chi connectivity index (χ3n) is 5.54. The lowest BCUT2D eigenvalue weighted by Gasteiger charge is -2.45. The fourth-order valence-electron chi connectivity index (χ4n) is 3.61. The smallest absolute Gasteiger partial charge is 0.187 e. The summed E-state index contributed by atoms with van der Waals surface area (Å²) in [6, 6.07) is 0. The van der Waals surface area contributed by atoms with Crippen molar-refractivity contribution < 1.29 is 59.8 Å². The van der Waals surface area contributed by atoms with Gasteiger partial charge in [0.2, 0.25) is 0 Å². The van der Waals surface area contributed by atoms with Gasteiger partial charge in [0.1, 0.15) is 48.8 Å². The molecular weight excluding hydrogens is 464 g/mol. The van der Waals surface area contributed by atoms with Crippen molar-refractivity contribution >= 4 is 11.8 Å². The normalized spacial score (nSPS) is 40.6. The van der Waals surface area contributed by atoms with Gasteiger partial charge in [-0.15, -0.1) is 0 Å². The molecule has 0 bridgehead atoms. The van der Waals surface area contributed by atoms with Crippen molar-refractivity contribution in [3.63, 3.8) is 0 Å². The molecular formula is C20H38O12S. The molecule has 33 heavy (non-hydrogen) atoms. The Morgan fingerprint density at radius 1 is 0.788 bits per heavy atom. The molecule has 0 radical (unpaired) electrons. The number of thioether (sulfide) groups is 1. The predicted molar refractivity (Wildman–Crippen MR) is 115 cm³/mol. The van der Waals surface area contributed by atoms with Crippen LogP contribution in [0.25, 0.3) is 0 Å². The summed E-state index contributed by atoms with van der Waals surface area (Å²) in [7, 11) is 0. The van der Waals surface area contributed by atoms with Crippen LogP contribution in [0.1, 0.15) is 26.2 Å². The van der Waals surface area contributed by atoms with E-state index in [1.54, 1.807) is 18.7 Å². The first-order valence-corrected chi connectivity index (χ1v) is 12.3. The minimum Gasteiger partial charge on any atom is -0.394 e. The van der Waals surface area contributed by atoms with Gasteiger partial charge in [0.15, 0.2) is 12.6 Å². The number of aliphatic hydroxyl groups excluding tert-OH is 8. The summed E-state index contributed by atoms with van der Waals surface area (Å²) in [6.45, 7) is 0.727. The largest absolute Gasteiger partial charge is 0.394 e. The average Bonchev–Trinajstić information content (AvgIpc) is 2.79. The maximum absolute atomic E-state index is 10.5. The summed E-state index contributed by atoms with van der Waals surface area (Å²) in [4.78, 5) is 0. The Labute approximate surface area is 197 Å². The molecule has 8 N–H and O–H groups in total. The van der Waals surface area contributed by atoms with Gasteiger partial charge >= 0.3 is 0 Å². The van der Waals surface area contributed by atoms with E-state index in [1.165, 1.54) is 0 Å². The quantitative estimate of drug-likeness (QED) is 0.118. The van der Waals surface area contributed by atoms with Gasteiger partial charge in [0, 0.05) is 12.4 Å². The van der Waals surface area contributed by atoms with Gasteiger partial charge in [-0.05, 0) is 25.5 Å². The molecule has 0 aromatic heterocycles. The van der Waals surface area contributed by atoms with E-state index in [1.807, 2.05) is 0 Å². The third-order valence-corrected chi connectivity index (χ3v) is 6.83. The van der Waals surface area contributed by atoms with Crippen molar-refractivity contribution in [1.82, 2.24) is 0 Å². The topological polar surface area (TPSA) is 199 Å². The molecule has 0 aromatic rings. The standard InChI is InChI=1S/C20H38O12S/c1-10(23)9-33-6-4-2-3-5-29-20-18(16(27)14(25)12(8-22)31-20)32-19-17(28)15(26)13(24)11(7-21)30-19/h10-28H,2-9H2,1H3/t10?,11?,12?,13-,14-,15-,16-,17?,18?,19-,20+/m0/s1. The first-order chi connectivity index (χ1) is 15.7. The van der Waals surface area contributed by atoms with Crippen LogP contribution in [0.15, 0.2) is 0 Å². The molecule has 0 aromatic carbocycles. The van der Waals surface area contributed by atoms with Crippen LogP contribution < -0.4 is 0 Å². The predicted octanol–water partition coefficient (Wildman–Crippen LogP) is -3.09. The Morgan fingerprint density at radius 2 is 1.39 bits per heavy atom. The fourth-order valence-corrected chi connectivity index (χ4v) is 4.52. The van der Waals surface area contributed by atoms with Crippen LogP contribution in [0, 0.1) is 0 Å². The van der Waals surface area contributed by atoms with Crippen LogP contribution in [0.3, 0.4) is 0 Å². The second kappa shape index (κ2) is 14.4. The van der Waals surface area contributed by atoms with Crippen LogP contribution in [-0.4, -0.2) is 140 Å². The summed E-state index contributed by atoms with van der Waals surface area (Å²) in [5, 5.41) is 78.9. The molecule has 2 fully saturated rings. The fraction of sp³-hybridized carbons (Fsp3) is 1.00. The highest BCUT2D eigenvalue weighted by atomic mass is 32.2. The van der Waals surface area contributed by atoms with E-state index in [0.29, 0.717) is 12.2 Å². The van der Waals surface area contributed by atoms with E-state index in [0.717, 1.165) is 18.6 Å². The molecule has 0 spiro atoms. The number of unbranched alkanes of at least 4 members (excludes halogenated alkanes) is 2. The van der Waals surface area contributed by atoms with Gasteiger partial charge in [-0.3, -0.25) is 0 Å². The Hall–Kier alpha value is -0.130. The van der Waals surface area contributed by atoms with Crippen molar-refractivity contribution in [2.45, 2.75) is 93.7 Å². The van der Waals surface area contributed by atoms with Crippen LogP contribution in [-0.2, 0) is 18.9 Å². The Kier molecular flexibility index (Phi) is 12.7. The van der Waals surface area contributed by atoms with Gasteiger partial charge in [-0.25, -0.2) is 0 Å². The van der Waals surface area contributed by atoms with Crippen LogP contribution in [0.2, 0.25) is 0 Å². The van der Waals surface area contributed by atoms with Crippen molar-refractivity contribution in [2.75, 3.05) is 31.3 Å². The Morgan fingerprint density at radius 3 is 2.00 bits per heavy atom. The van der Waals surface area contributed by atoms with Crippen molar-refractivity contribution in [3.05, 3.63) is 0 Å². The lowest BCUT2D eigenvalue weighted by Crippen LogP contribution is -2.64. The number of aliphatic hydroxyl groups is 8. The summed E-state index contributed by atoms with van der Waals surface area (Å²) >= 11 is 1.66. The van der Waals surface area contributed by atoms with Gasteiger partial charge < -0.3 is 59.8 Å². The molecule has 2 heterocycles. The summed E-state index contributed by atoms with van der Waals surface area (Å²) < 4.78 is 22.1. The minimum absolute atomic E-state index is 0.223. The molecule has 2 rings (SSSR count). The zero-order valence-electron chi connectivity index (χ0n) is 18.6. The summed E-state index contributed by atoms with van der Waals surface area (Å²) in [5.41, 5.74) is 0. The van der Waals surface area contributed by atoms with Gasteiger partial charge in [0.25, 0.3) is 0 Å². The summed E-state index contributed by atoms with van der Waals surface area (Å²) in [5.74, 6) is 1.57. The van der Waals surface area contributed by atoms with Gasteiger partial charge in [-0.2, -0.15) is 11.8 Å². The minimum atomic E-state index is -1.71. The van der Waals surface area contributed by atoms with Gasteiger partial charge in [0.05, 0.1) is 19.3 Å². The molecule has 5 unspecified atom stereocenters. The summed E-state index contributed by atoms with van der Waals surface area (Å²) in [6.07, 6.45) is -12.5. The molecule has 2 saturated heterocycles. The third kappa shape index (κ3) is 8.20. The average molecular weight is 503 g/mol. The number of hydrogen-bond donors (Lipinski definition) is 8. The van der Waals surface area contributed by atoms with Gasteiger partial charge in [-0.1, -0.05) is 6.42 Å². The van der Waals surface area contributed by atoms with Crippen LogP contribution in [0.5, 0.6) is 0 Å². The molecule has 0 aliphatic carbocycles. The molecule has 0 saturated carbocycles. The zero-order valence-corrected chi connectivity index (χ0v) is 19.4.